The number of halogens is 1. The number of hydrogen-bond acceptors (Lipinski definition) is 2. The Morgan fingerprint density at radius 3 is 2.37 bits per heavy atom. The van der Waals surface area contributed by atoms with Gasteiger partial charge in [-0.05, 0) is 69.2 Å². The van der Waals surface area contributed by atoms with Crippen LogP contribution < -0.4 is 0 Å². The Hall–Kier alpha value is -2.17. The molecule has 1 aromatic carbocycles. The van der Waals surface area contributed by atoms with Gasteiger partial charge in [0.15, 0.2) is 0 Å². The van der Waals surface area contributed by atoms with E-state index >= 15 is 0 Å². The van der Waals surface area contributed by atoms with Gasteiger partial charge in [0.2, 0.25) is 5.91 Å². The maximum absolute atomic E-state index is 13.2. The summed E-state index contributed by atoms with van der Waals surface area (Å²) in [6.45, 7) is 6.67. The molecule has 3 heterocycles. The molecule has 2 aromatic rings. The van der Waals surface area contributed by atoms with Crippen LogP contribution in [0.3, 0.4) is 0 Å². The fourth-order valence-electron chi connectivity index (χ4n) is 5.00. The predicted molar refractivity (Wildman–Crippen MR) is 103 cm³/mol. The highest BCUT2D eigenvalue weighted by Crippen LogP contribution is 2.43. The van der Waals surface area contributed by atoms with Crippen molar-refractivity contribution in [2.45, 2.75) is 71.0 Å². The number of fused-ring (bicyclic) bond motifs is 2. The Bertz CT molecular complexity index is 815. The summed E-state index contributed by atoms with van der Waals surface area (Å²) in [5, 5.41) is 4.51. The number of rotatable bonds is 4. The van der Waals surface area contributed by atoms with Crippen LogP contribution in [-0.4, -0.2) is 32.7 Å². The summed E-state index contributed by atoms with van der Waals surface area (Å²) >= 11 is 0. The third kappa shape index (κ3) is 3.52. The van der Waals surface area contributed by atoms with Gasteiger partial charge in [0, 0.05) is 17.8 Å². The van der Waals surface area contributed by atoms with Crippen molar-refractivity contribution in [2.75, 3.05) is 0 Å². The summed E-state index contributed by atoms with van der Waals surface area (Å²) in [6.07, 6.45) is 4.14. The van der Waals surface area contributed by atoms with E-state index < -0.39 is 0 Å². The second kappa shape index (κ2) is 7.10. The third-order valence-electron chi connectivity index (χ3n) is 6.30. The highest BCUT2D eigenvalue weighted by molar-refractivity contribution is 5.79. The average Bonchev–Trinajstić information content (AvgIpc) is 3.09. The SMILES string of the molecule is Cc1cc(C)n(C[C@@H](C)C(=O)N2[C@H]3CC[C@H]2CC(c2ccc(F)cc2)C3)n1. The molecule has 0 aliphatic carbocycles. The van der Waals surface area contributed by atoms with Gasteiger partial charge in [-0.25, -0.2) is 4.39 Å². The fraction of sp³-hybridized carbons (Fsp3) is 0.545. The maximum atomic E-state index is 13.2. The zero-order valence-electron chi connectivity index (χ0n) is 16.4. The van der Waals surface area contributed by atoms with Crippen molar-refractivity contribution in [1.29, 1.82) is 0 Å². The van der Waals surface area contributed by atoms with E-state index in [0.717, 1.165) is 37.1 Å². The number of amides is 1. The lowest BCUT2D eigenvalue weighted by molar-refractivity contribution is -0.140. The molecule has 2 saturated heterocycles. The molecule has 1 aromatic heterocycles. The molecule has 27 heavy (non-hydrogen) atoms. The summed E-state index contributed by atoms with van der Waals surface area (Å²) < 4.78 is 15.2. The molecule has 0 radical (unpaired) electrons. The van der Waals surface area contributed by atoms with Crippen LogP contribution in [-0.2, 0) is 11.3 Å². The molecule has 3 atom stereocenters. The maximum Gasteiger partial charge on any atom is 0.227 e. The van der Waals surface area contributed by atoms with Crippen LogP contribution in [0.15, 0.2) is 30.3 Å². The Kier molecular flexibility index (Phi) is 4.79. The van der Waals surface area contributed by atoms with Gasteiger partial charge in [0.25, 0.3) is 0 Å². The van der Waals surface area contributed by atoms with Gasteiger partial charge >= 0.3 is 0 Å². The standard InChI is InChI=1S/C22H28FN3O/c1-14(13-25-16(3)10-15(2)24-25)22(27)26-20-8-9-21(26)12-18(11-20)17-4-6-19(23)7-5-17/h4-7,10,14,18,20-21H,8-9,11-13H2,1-3H3/t14-,20+,21+/m1/s1. The van der Waals surface area contributed by atoms with E-state index in [9.17, 15) is 9.18 Å². The number of aromatic nitrogens is 2. The number of piperidine rings is 1. The lowest BCUT2D eigenvalue weighted by Crippen LogP contribution is -2.48. The number of benzene rings is 1. The molecule has 0 saturated carbocycles. The summed E-state index contributed by atoms with van der Waals surface area (Å²) in [4.78, 5) is 15.4. The first-order valence-electron chi connectivity index (χ1n) is 10.0. The van der Waals surface area contributed by atoms with Gasteiger partial charge in [-0.1, -0.05) is 19.1 Å². The smallest absolute Gasteiger partial charge is 0.227 e. The van der Waals surface area contributed by atoms with Crippen molar-refractivity contribution >= 4 is 5.91 Å². The van der Waals surface area contributed by atoms with E-state index in [1.54, 1.807) is 12.1 Å². The first-order chi connectivity index (χ1) is 12.9. The van der Waals surface area contributed by atoms with Crippen molar-refractivity contribution in [3.8, 4) is 0 Å². The first-order valence-corrected chi connectivity index (χ1v) is 10.0. The van der Waals surface area contributed by atoms with Crippen LogP contribution >= 0.6 is 0 Å². The number of carbonyl (C=O) groups is 1. The largest absolute Gasteiger partial charge is 0.336 e. The van der Waals surface area contributed by atoms with Crippen molar-refractivity contribution in [2.24, 2.45) is 5.92 Å². The van der Waals surface area contributed by atoms with Crippen LogP contribution in [0.25, 0.3) is 0 Å². The minimum absolute atomic E-state index is 0.0755. The van der Waals surface area contributed by atoms with Crippen LogP contribution in [0.2, 0.25) is 0 Å². The lowest BCUT2D eigenvalue weighted by Gasteiger charge is -2.40. The van der Waals surface area contributed by atoms with Gasteiger partial charge in [0.1, 0.15) is 5.82 Å². The Balaban J connectivity index is 1.45. The van der Waals surface area contributed by atoms with E-state index in [-0.39, 0.29) is 17.6 Å². The van der Waals surface area contributed by atoms with E-state index in [4.69, 9.17) is 0 Å². The summed E-state index contributed by atoms with van der Waals surface area (Å²) in [5.41, 5.74) is 3.30. The van der Waals surface area contributed by atoms with Crippen molar-refractivity contribution in [1.82, 2.24) is 14.7 Å². The molecule has 144 valence electrons. The number of nitrogens with zero attached hydrogens (tertiary/aromatic N) is 3. The molecule has 2 aliphatic rings. The number of aryl methyl sites for hydroxylation is 2. The van der Waals surface area contributed by atoms with E-state index in [1.807, 2.05) is 37.6 Å². The highest BCUT2D eigenvalue weighted by Gasteiger charge is 2.44. The van der Waals surface area contributed by atoms with Gasteiger partial charge in [-0.2, -0.15) is 5.10 Å². The first kappa shape index (κ1) is 18.2. The minimum atomic E-state index is -0.188. The summed E-state index contributed by atoms with van der Waals surface area (Å²) in [6, 6.07) is 9.58. The molecular weight excluding hydrogens is 341 g/mol. The molecule has 0 unspecified atom stereocenters. The van der Waals surface area contributed by atoms with E-state index in [0.29, 0.717) is 24.5 Å². The third-order valence-corrected chi connectivity index (χ3v) is 6.30. The summed E-state index contributed by atoms with van der Waals surface area (Å²) in [5.74, 6) is 0.423. The molecule has 0 N–H and O–H groups in total. The molecule has 2 aliphatic heterocycles. The monoisotopic (exact) mass is 369 g/mol. The van der Waals surface area contributed by atoms with Gasteiger partial charge in [-0.15, -0.1) is 0 Å². The second-order valence-electron chi connectivity index (χ2n) is 8.36. The Morgan fingerprint density at radius 1 is 1.19 bits per heavy atom. The molecule has 5 heteroatoms. The fourth-order valence-corrected chi connectivity index (χ4v) is 5.00. The molecule has 2 fully saturated rings. The van der Waals surface area contributed by atoms with Crippen LogP contribution in [0, 0.1) is 25.6 Å². The van der Waals surface area contributed by atoms with E-state index in [1.165, 1.54) is 5.56 Å². The molecule has 0 spiro atoms. The van der Waals surface area contributed by atoms with Crippen LogP contribution in [0.1, 0.15) is 55.5 Å². The minimum Gasteiger partial charge on any atom is -0.336 e. The molecule has 4 rings (SSSR count). The Morgan fingerprint density at radius 2 is 1.81 bits per heavy atom. The normalized spacial score (nSPS) is 25.6. The van der Waals surface area contributed by atoms with Crippen molar-refractivity contribution in [3.05, 3.63) is 53.1 Å². The predicted octanol–water partition coefficient (Wildman–Crippen LogP) is 4.21. The van der Waals surface area contributed by atoms with Gasteiger partial charge in [-0.3, -0.25) is 9.48 Å². The van der Waals surface area contributed by atoms with Gasteiger partial charge in [0.05, 0.1) is 18.2 Å². The number of hydrogen-bond donors (Lipinski definition) is 0. The Labute approximate surface area is 160 Å². The molecular formula is C22H28FN3O. The number of carbonyl (C=O) groups excluding carboxylic acids is 1. The molecule has 2 bridgehead atoms. The zero-order valence-corrected chi connectivity index (χ0v) is 16.4. The summed E-state index contributed by atoms with van der Waals surface area (Å²) in [7, 11) is 0. The average molecular weight is 369 g/mol. The van der Waals surface area contributed by atoms with E-state index in [2.05, 4.69) is 16.1 Å². The second-order valence-corrected chi connectivity index (χ2v) is 8.36. The van der Waals surface area contributed by atoms with Crippen molar-refractivity contribution < 1.29 is 9.18 Å². The quantitative estimate of drug-likeness (QED) is 0.810. The topological polar surface area (TPSA) is 38.1 Å². The van der Waals surface area contributed by atoms with Crippen molar-refractivity contribution in [3.63, 3.8) is 0 Å². The van der Waals surface area contributed by atoms with Gasteiger partial charge < -0.3 is 4.90 Å². The lowest BCUT2D eigenvalue weighted by atomic mass is 9.84. The van der Waals surface area contributed by atoms with Crippen LogP contribution in [0.5, 0.6) is 0 Å². The molecule has 1 amide bonds. The molecule has 4 nitrogen and oxygen atoms in total. The zero-order chi connectivity index (χ0) is 19.1. The highest BCUT2D eigenvalue weighted by atomic mass is 19.1. The van der Waals surface area contributed by atoms with Crippen LogP contribution in [0.4, 0.5) is 4.39 Å².